The topological polar surface area (TPSA) is 32.3 Å². The third-order valence-corrected chi connectivity index (χ3v) is 2.65. The van der Waals surface area contributed by atoms with E-state index in [0.29, 0.717) is 0 Å². The molecule has 0 fully saturated rings. The normalized spacial score (nSPS) is 13.2. The number of unbranched alkanes of at least 4 members (excludes halogenated alkanes) is 1. The molecule has 2 N–H and O–H groups in total. The molecule has 0 aliphatic carbocycles. The molecule has 2 nitrogen and oxygen atoms in total. The minimum atomic E-state index is -0.148. The number of aliphatic hydroxyl groups is 1. The van der Waals surface area contributed by atoms with Crippen molar-refractivity contribution in [3.63, 3.8) is 0 Å². The molecular formula is C10H23NOS. The van der Waals surface area contributed by atoms with Gasteiger partial charge in [-0.3, -0.25) is 0 Å². The Kier molecular flexibility index (Phi) is 10.6. The molecule has 1 atom stereocenters. The molecule has 0 spiro atoms. The van der Waals surface area contributed by atoms with E-state index in [2.05, 4.69) is 18.5 Å². The maximum Gasteiger partial charge on any atom is 0.0664 e. The van der Waals surface area contributed by atoms with Crippen molar-refractivity contribution < 1.29 is 5.11 Å². The lowest BCUT2D eigenvalue weighted by Gasteiger charge is -2.09. The maximum absolute atomic E-state index is 9.39. The Hall–Kier alpha value is 0.270. The molecule has 0 amide bonds. The van der Waals surface area contributed by atoms with E-state index in [1.54, 1.807) is 0 Å². The Morgan fingerprint density at radius 3 is 2.77 bits per heavy atom. The Morgan fingerprint density at radius 1 is 1.38 bits per heavy atom. The van der Waals surface area contributed by atoms with Crippen LogP contribution in [0.4, 0.5) is 0 Å². The van der Waals surface area contributed by atoms with E-state index in [1.165, 1.54) is 18.6 Å². The lowest BCUT2D eigenvalue weighted by Crippen LogP contribution is -2.27. The first-order valence-corrected chi connectivity index (χ1v) is 6.58. The molecule has 0 rings (SSSR count). The van der Waals surface area contributed by atoms with Gasteiger partial charge in [0.05, 0.1) is 6.10 Å². The Labute approximate surface area is 86.5 Å². The predicted molar refractivity (Wildman–Crippen MR) is 61.4 cm³/mol. The Morgan fingerprint density at radius 2 is 2.15 bits per heavy atom. The molecule has 13 heavy (non-hydrogen) atoms. The van der Waals surface area contributed by atoms with E-state index in [4.69, 9.17) is 0 Å². The fourth-order valence-corrected chi connectivity index (χ4v) is 1.69. The van der Waals surface area contributed by atoms with Crippen LogP contribution in [-0.2, 0) is 0 Å². The zero-order chi connectivity index (χ0) is 9.94. The highest BCUT2D eigenvalue weighted by Gasteiger charge is 2.00. The van der Waals surface area contributed by atoms with Crippen LogP contribution in [0.3, 0.4) is 0 Å². The van der Waals surface area contributed by atoms with Crippen molar-refractivity contribution in [2.45, 2.75) is 38.7 Å². The van der Waals surface area contributed by atoms with E-state index in [0.717, 1.165) is 25.9 Å². The number of hydrogen-bond donors (Lipinski definition) is 2. The number of nitrogens with one attached hydrogen (secondary N) is 1. The summed E-state index contributed by atoms with van der Waals surface area (Å²) >= 11 is 1.90. The third kappa shape index (κ3) is 10.2. The molecule has 0 bridgehead atoms. The first kappa shape index (κ1) is 13.3. The molecule has 0 saturated heterocycles. The van der Waals surface area contributed by atoms with E-state index in [-0.39, 0.29) is 6.10 Å². The monoisotopic (exact) mass is 205 g/mol. The van der Waals surface area contributed by atoms with Crippen molar-refractivity contribution in [1.29, 1.82) is 0 Å². The Bertz CT molecular complexity index is 101. The fraction of sp³-hybridized carbons (Fsp3) is 1.00. The summed E-state index contributed by atoms with van der Waals surface area (Å²) in [6.07, 6.45) is 6.47. The van der Waals surface area contributed by atoms with Crippen LogP contribution in [0.2, 0.25) is 0 Å². The number of rotatable bonds is 9. The zero-order valence-electron chi connectivity index (χ0n) is 8.88. The average molecular weight is 205 g/mol. The molecule has 0 heterocycles. The van der Waals surface area contributed by atoms with E-state index < -0.39 is 0 Å². The summed E-state index contributed by atoms with van der Waals surface area (Å²) in [5.74, 6) is 1.25. The van der Waals surface area contributed by atoms with Crippen LogP contribution in [0.1, 0.15) is 32.6 Å². The SMILES string of the molecule is CCCC(O)CNCCCCSC. The van der Waals surface area contributed by atoms with Crippen LogP contribution in [0, 0.1) is 0 Å². The first-order valence-electron chi connectivity index (χ1n) is 5.19. The molecular weight excluding hydrogens is 182 g/mol. The number of hydrogen-bond acceptors (Lipinski definition) is 3. The van der Waals surface area contributed by atoms with Crippen molar-refractivity contribution in [2.24, 2.45) is 0 Å². The summed E-state index contributed by atoms with van der Waals surface area (Å²) in [6, 6.07) is 0. The van der Waals surface area contributed by atoms with Gasteiger partial charge in [-0.25, -0.2) is 0 Å². The summed E-state index contributed by atoms with van der Waals surface area (Å²) in [4.78, 5) is 0. The molecule has 0 aliphatic rings. The van der Waals surface area contributed by atoms with Crippen molar-refractivity contribution in [1.82, 2.24) is 5.32 Å². The smallest absolute Gasteiger partial charge is 0.0664 e. The van der Waals surface area contributed by atoms with Gasteiger partial charge in [-0.2, -0.15) is 11.8 Å². The second-order valence-electron chi connectivity index (χ2n) is 3.35. The third-order valence-electron chi connectivity index (χ3n) is 1.95. The summed E-state index contributed by atoms with van der Waals surface area (Å²) in [7, 11) is 0. The van der Waals surface area contributed by atoms with E-state index in [1.807, 2.05) is 11.8 Å². The minimum Gasteiger partial charge on any atom is -0.392 e. The van der Waals surface area contributed by atoms with Gasteiger partial charge in [-0.15, -0.1) is 0 Å². The van der Waals surface area contributed by atoms with Gasteiger partial charge in [0.1, 0.15) is 0 Å². The van der Waals surface area contributed by atoms with Crippen molar-refractivity contribution in [2.75, 3.05) is 25.1 Å². The predicted octanol–water partition coefficient (Wildman–Crippen LogP) is 1.88. The molecule has 0 aromatic rings. The van der Waals surface area contributed by atoms with Crippen molar-refractivity contribution in [3.8, 4) is 0 Å². The molecule has 0 aromatic heterocycles. The highest BCUT2D eigenvalue weighted by molar-refractivity contribution is 7.98. The van der Waals surface area contributed by atoms with Crippen LogP contribution < -0.4 is 5.32 Å². The second-order valence-corrected chi connectivity index (χ2v) is 4.33. The van der Waals surface area contributed by atoms with Crippen molar-refractivity contribution >= 4 is 11.8 Å². The minimum absolute atomic E-state index is 0.148. The number of aliphatic hydroxyl groups excluding tert-OH is 1. The molecule has 0 aliphatic heterocycles. The highest BCUT2D eigenvalue weighted by atomic mass is 32.2. The average Bonchev–Trinajstić information content (AvgIpc) is 2.11. The van der Waals surface area contributed by atoms with E-state index in [9.17, 15) is 5.11 Å². The quantitative estimate of drug-likeness (QED) is 0.564. The largest absolute Gasteiger partial charge is 0.392 e. The van der Waals surface area contributed by atoms with Gasteiger partial charge in [0.25, 0.3) is 0 Å². The van der Waals surface area contributed by atoms with Crippen LogP contribution in [-0.4, -0.2) is 36.3 Å². The summed E-state index contributed by atoms with van der Waals surface area (Å²) in [6.45, 7) is 3.90. The summed E-state index contributed by atoms with van der Waals surface area (Å²) < 4.78 is 0. The fourth-order valence-electron chi connectivity index (χ4n) is 1.20. The highest BCUT2D eigenvalue weighted by Crippen LogP contribution is 1.98. The van der Waals surface area contributed by atoms with Gasteiger partial charge in [-0.1, -0.05) is 13.3 Å². The van der Waals surface area contributed by atoms with Gasteiger partial charge in [0.2, 0.25) is 0 Å². The van der Waals surface area contributed by atoms with Crippen LogP contribution in [0.15, 0.2) is 0 Å². The maximum atomic E-state index is 9.39. The van der Waals surface area contributed by atoms with Gasteiger partial charge >= 0.3 is 0 Å². The molecule has 0 radical (unpaired) electrons. The van der Waals surface area contributed by atoms with Gasteiger partial charge in [0, 0.05) is 6.54 Å². The molecule has 1 unspecified atom stereocenters. The van der Waals surface area contributed by atoms with E-state index >= 15 is 0 Å². The zero-order valence-corrected chi connectivity index (χ0v) is 9.70. The number of thioether (sulfide) groups is 1. The van der Waals surface area contributed by atoms with Gasteiger partial charge < -0.3 is 10.4 Å². The van der Waals surface area contributed by atoms with Crippen LogP contribution in [0.5, 0.6) is 0 Å². The Balaban J connectivity index is 2.97. The summed E-state index contributed by atoms with van der Waals surface area (Å²) in [5, 5.41) is 12.7. The second kappa shape index (κ2) is 10.4. The van der Waals surface area contributed by atoms with Crippen LogP contribution >= 0.6 is 11.8 Å². The lowest BCUT2D eigenvalue weighted by molar-refractivity contribution is 0.161. The van der Waals surface area contributed by atoms with Gasteiger partial charge in [-0.05, 0) is 37.8 Å². The lowest BCUT2D eigenvalue weighted by atomic mass is 10.2. The summed E-state index contributed by atoms with van der Waals surface area (Å²) in [5.41, 5.74) is 0. The molecule has 80 valence electrons. The molecule has 0 aromatic carbocycles. The standard InChI is InChI=1S/C10H23NOS/c1-3-6-10(12)9-11-7-4-5-8-13-2/h10-12H,3-9H2,1-2H3. The van der Waals surface area contributed by atoms with Gasteiger partial charge in [0.15, 0.2) is 0 Å². The first-order chi connectivity index (χ1) is 6.31. The van der Waals surface area contributed by atoms with Crippen LogP contribution in [0.25, 0.3) is 0 Å². The molecule has 3 heteroatoms. The molecule has 0 saturated carbocycles. The van der Waals surface area contributed by atoms with Crippen molar-refractivity contribution in [3.05, 3.63) is 0 Å².